The lowest BCUT2D eigenvalue weighted by Crippen LogP contribution is -2.55. The summed E-state index contributed by atoms with van der Waals surface area (Å²) in [4.78, 5) is 29.6. The number of piperazine rings is 1. The number of nitrogens with two attached hydrogens (primary N) is 1. The van der Waals surface area contributed by atoms with Crippen molar-refractivity contribution >= 4 is 11.8 Å². The average molecular weight is 284 g/mol. The van der Waals surface area contributed by atoms with E-state index in [0.717, 1.165) is 13.1 Å². The van der Waals surface area contributed by atoms with Gasteiger partial charge in [0.2, 0.25) is 11.8 Å². The van der Waals surface area contributed by atoms with E-state index in [2.05, 4.69) is 4.90 Å². The van der Waals surface area contributed by atoms with Crippen LogP contribution in [0.2, 0.25) is 0 Å². The minimum Gasteiger partial charge on any atom is -0.379 e. The van der Waals surface area contributed by atoms with Gasteiger partial charge in [-0.2, -0.15) is 0 Å². The molecule has 2 N–H and O–H groups in total. The van der Waals surface area contributed by atoms with Crippen LogP contribution in [0.25, 0.3) is 0 Å². The van der Waals surface area contributed by atoms with Gasteiger partial charge in [-0.3, -0.25) is 14.5 Å². The van der Waals surface area contributed by atoms with E-state index in [4.69, 9.17) is 10.5 Å². The lowest BCUT2D eigenvalue weighted by molar-refractivity contribution is -0.141. The molecule has 1 atom stereocenters. The minimum atomic E-state index is -0.467. The van der Waals surface area contributed by atoms with E-state index in [1.807, 2.05) is 4.90 Å². The van der Waals surface area contributed by atoms with Crippen LogP contribution in [-0.4, -0.2) is 91.6 Å². The van der Waals surface area contributed by atoms with Crippen LogP contribution in [0, 0.1) is 0 Å². The molecule has 0 bridgehead atoms. The largest absolute Gasteiger partial charge is 0.379 e. The molecule has 0 aliphatic carbocycles. The van der Waals surface area contributed by atoms with Crippen molar-refractivity contribution in [3.63, 3.8) is 0 Å². The van der Waals surface area contributed by atoms with Crippen LogP contribution in [0.5, 0.6) is 0 Å². The highest BCUT2D eigenvalue weighted by atomic mass is 16.5. The summed E-state index contributed by atoms with van der Waals surface area (Å²) < 4.78 is 5.27. The highest BCUT2D eigenvalue weighted by molar-refractivity contribution is 5.82. The van der Waals surface area contributed by atoms with E-state index < -0.39 is 6.04 Å². The van der Waals surface area contributed by atoms with Crippen molar-refractivity contribution in [3.8, 4) is 0 Å². The first kappa shape index (κ1) is 15.2. The summed E-state index contributed by atoms with van der Waals surface area (Å²) in [7, 11) is 0. The summed E-state index contributed by atoms with van der Waals surface area (Å²) in [6.07, 6.45) is 0. The lowest BCUT2D eigenvalue weighted by Gasteiger charge is -2.36. The summed E-state index contributed by atoms with van der Waals surface area (Å²) in [5, 5.41) is 0. The lowest BCUT2D eigenvalue weighted by atomic mass is 10.2. The fraction of sp³-hybridized carbons (Fsp3) is 0.846. The molecule has 0 aromatic heterocycles. The second-order valence-corrected chi connectivity index (χ2v) is 5.38. The van der Waals surface area contributed by atoms with Gasteiger partial charge in [0.05, 0.1) is 25.8 Å². The number of amides is 2. The van der Waals surface area contributed by atoms with Crippen LogP contribution in [0.15, 0.2) is 0 Å². The van der Waals surface area contributed by atoms with Gasteiger partial charge in [0.15, 0.2) is 0 Å². The highest BCUT2D eigenvalue weighted by Gasteiger charge is 2.26. The first-order valence-electron chi connectivity index (χ1n) is 7.20. The molecule has 7 heteroatoms. The van der Waals surface area contributed by atoms with Gasteiger partial charge >= 0.3 is 0 Å². The smallest absolute Gasteiger partial charge is 0.239 e. The van der Waals surface area contributed by atoms with Crippen molar-refractivity contribution in [2.75, 3.05) is 59.0 Å². The van der Waals surface area contributed by atoms with E-state index in [0.29, 0.717) is 45.9 Å². The Labute approximate surface area is 119 Å². The molecule has 2 aliphatic heterocycles. The van der Waals surface area contributed by atoms with Gasteiger partial charge in [-0.15, -0.1) is 0 Å². The van der Waals surface area contributed by atoms with Crippen LogP contribution in [-0.2, 0) is 14.3 Å². The van der Waals surface area contributed by atoms with Crippen molar-refractivity contribution < 1.29 is 14.3 Å². The fourth-order valence-corrected chi connectivity index (χ4v) is 2.51. The minimum absolute atomic E-state index is 0.0368. The predicted molar refractivity (Wildman–Crippen MR) is 74.1 cm³/mol. The van der Waals surface area contributed by atoms with Crippen molar-refractivity contribution in [3.05, 3.63) is 0 Å². The molecule has 0 aromatic rings. The quantitative estimate of drug-likeness (QED) is 0.671. The topological polar surface area (TPSA) is 79.1 Å². The second kappa shape index (κ2) is 7.01. The van der Waals surface area contributed by atoms with E-state index in [9.17, 15) is 9.59 Å². The van der Waals surface area contributed by atoms with Crippen LogP contribution < -0.4 is 5.73 Å². The Morgan fingerprint density at radius 1 is 1.05 bits per heavy atom. The standard InChI is InChI=1S/C13H24N4O3/c1-11(14)13(19)17-4-2-16(3-5-17)12(18)10-15-6-8-20-9-7-15/h11H,2-10,14H2,1H3/t11-/m1/s1. The first-order chi connectivity index (χ1) is 9.58. The molecular formula is C13H24N4O3. The number of hydrogen-bond acceptors (Lipinski definition) is 5. The maximum atomic E-state index is 12.2. The Morgan fingerprint density at radius 2 is 1.60 bits per heavy atom. The molecular weight excluding hydrogens is 260 g/mol. The van der Waals surface area contributed by atoms with Crippen LogP contribution in [0.3, 0.4) is 0 Å². The van der Waals surface area contributed by atoms with Crippen LogP contribution in [0.1, 0.15) is 6.92 Å². The molecule has 0 spiro atoms. The average Bonchev–Trinajstić information content (AvgIpc) is 2.47. The molecule has 20 heavy (non-hydrogen) atoms. The molecule has 2 aliphatic rings. The monoisotopic (exact) mass is 284 g/mol. The van der Waals surface area contributed by atoms with Gasteiger partial charge in [0.25, 0.3) is 0 Å². The molecule has 0 radical (unpaired) electrons. The third-order valence-electron chi connectivity index (χ3n) is 3.80. The van der Waals surface area contributed by atoms with Gasteiger partial charge in [-0.25, -0.2) is 0 Å². The number of morpholine rings is 1. The van der Waals surface area contributed by atoms with Gasteiger partial charge in [-0.05, 0) is 6.92 Å². The Balaban J connectivity index is 1.75. The van der Waals surface area contributed by atoms with Crippen molar-refractivity contribution in [1.29, 1.82) is 0 Å². The maximum absolute atomic E-state index is 12.2. The predicted octanol–water partition coefficient (Wildman–Crippen LogP) is -1.66. The van der Waals surface area contributed by atoms with Gasteiger partial charge in [-0.1, -0.05) is 0 Å². The number of carbonyl (C=O) groups is 2. The Kier molecular flexibility index (Phi) is 5.33. The SMILES string of the molecule is C[C@@H](N)C(=O)N1CCN(C(=O)CN2CCOCC2)CC1. The zero-order valence-corrected chi connectivity index (χ0v) is 12.1. The maximum Gasteiger partial charge on any atom is 0.239 e. The fourth-order valence-electron chi connectivity index (χ4n) is 2.51. The molecule has 2 amide bonds. The summed E-state index contributed by atoms with van der Waals surface area (Å²) >= 11 is 0. The summed E-state index contributed by atoms with van der Waals surface area (Å²) in [6, 6.07) is -0.467. The van der Waals surface area contributed by atoms with E-state index in [-0.39, 0.29) is 11.8 Å². The summed E-state index contributed by atoms with van der Waals surface area (Å²) in [5.41, 5.74) is 5.59. The summed E-state index contributed by atoms with van der Waals surface area (Å²) in [5.74, 6) is 0.102. The normalized spacial score (nSPS) is 22.7. The Morgan fingerprint density at radius 3 is 2.15 bits per heavy atom. The summed E-state index contributed by atoms with van der Waals surface area (Å²) in [6.45, 7) is 7.52. The van der Waals surface area contributed by atoms with E-state index >= 15 is 0 Å². The number of hydrogen-bond donors (Lipinski definition) is 1. The highest BCUT2D eigenvalue weighted by Crippen LogP contribution is 2.05. The van der Waals surface area contributed by atoms with Crippen molar-refractivity contribution in [1.82, 2.24) is 14.7 Å². The molecule has 0 saturated carbocycles. The van der Waals surface area contributed by atoms with Crippen LogP contribution in [0.4, 0.5) is 0 Å². The second-order valence-electron chi connectivity index (χ2n) is 5.38. The van der Waals surface area contributed by atoms with E-state index in [1.165, 1.54) is 0 Å². The zero-order chi connectivity index (χ0) is 14.5. The molecule has 2 fully saturated rings. The number of ether oxygens (including phenoxy) is 1. The molecule has 7 nitrogen and oxygen atoms in total. The van der Waals surface area contributed by atoms with Crippen molar-refractivity contribution in [2.24, 2.45) is 5.73 Å². The van der Waals surface area contributed by atoms with Crippen LogP contribution >= 0.6 is 0 Å². The Hall–Kier alpha value is -1.18. The molecule has 0 aromatic carbocycles. The molecule has 2 heterocycles. The van der Waals surface area contributed by atoms with E-state index in [1.54, 1.807) is 11.8 Å². The number of nitrogens with zero attached hydrogens (tertiary/aromatic N) is 3. The number of rotatable bonds is 3. The third-order valence-corrected chi connectivity index (χ3v) is 3.80. The molecule has 114 valence electrons. The molecule has 0 unspecified atom stereocenters. The number of carbonyl (C=O) groups excluding carboxylic acids is 2. The zero-order valence-electron chi connectivity index (χ0n) is 12.1. The van der Waals surface area contributed by atoms with Gasteiger partial charge in [0, 0.05) is 39.3 Å². The van der Waals surface area contributed by atoms with Gasteiger partial charge < -0.3 is 20.3 Å². The van der Waals surface area contributed by atoms with Crippen molar-refractivity contribution in [2.45, 2.75) is 13.0 Å². The third kappa shape index (κ3) is 3.91. The first-order valence-corrected chi connectivity index (χ1v) is 7.20. The van der Waals surface area contributed by atoms with Gasteiger partial charge in [0.1, 0.15) is 0 Å². The molecule has 2 rings (SSSR count). The Bertz CT molecular complexity index is 348. The molecule has 2 saturated heterocycles.